The van der Waals surface area contributed by atoms with Gasteiger partial charge < -0.3 is 25.4 Å². The van der Waals surface area contributed by atoms with Gasteiger partial charge in [-0.2, -0.15) is 0 Å². The van der Waals surface area contributed by atoms with E-state index in [9.17, 15) is 9.59 Å². The summed E-state index contributed by atoms with van der Waals surface area (Å²) >= 11 is 0. The van der Waals surface area contributed by atoms with Crippen LogP contribution in [0.4, 0.5) is 5.69 Å². The zero-order valence-electron chi connectivity index (χ0n) is 15.4. The molecular weight excluding hydrogens is 334 g/mol. The standard InChI is InChI=1S/C19H27N3O4/c1-25-15-7-14(8-16(9-15)26-2)22-11-13(6-18(22)23)19(24)21-17-5-3-4-12(17)10-20/h7-9,12-13,17H,3-6,10-11,20H2,1-2H3,(H,21,24). The highest BCUT2D eigenvalue weighted by Crippen LogP contribution is 2.33. The van der Waals surface area contributed by atoms with Crippen molar-refractivity contribution in [1.29, 1.82) is 0 Å². The Bertz CT molecular complexity index is 656. The number of hydrogen-bond acceptors (Lipinski definition) is 5. The molecule has 1 saturated carbocycles. The highest BCUT2D eigenvalue weighted by Gasteiger charge is 2.37. The number of carbonyl (C=O) groups excluding carboxylic acids is 2. The molecule has 1 aromatic carbocycles. The van der Waals surface area contributed by atoms with Crippen molar-refractivity contribution in [3.05, 3.63) is 18.2 Å². The lowest BCUT2D eigenvalue weighted by Crippen LogP contribution is -2.43. The lowest BCUT2D eigenvalue weighted by atomic mass is 10.0. The zero-order chi connectivity index (χ0) is 18.7. The molecule has 1 aromatic rings. The van der Waals surface area contributed by atoms with E-state index in [4.69, 9.17) is 15.2 Å². The third kappa shape index (κ3) is 3.77. The molecule has 3 rings (SSSR count). The molecule has 142 valence electrons. The van der Waals surface area contributed by atoms with Gasteiger partial charge in [0.15, 0.2) is 0 Å². The molecule has 2 aliphatic rings. The molecule has 0 spiro atoms. The summed E-state index contributed by atoms with van der Waals surface area (Å²) in [7, 11) is 3.13. The first-order valence-electron chi connectivity index (χ1n) is 9.09. The van der Waals surface area contributed by atoms with Gasteiger partial charge in [-0.25, -0.2) is 0 Å². The van der Waals surface area contributed by atoms with Gasteiger partial charge in [0.1, 0.15) is 11.5 Å². The molecule has 7 heteroatoms. The van der Waals surface area contributed by atoms with Crippen molar-refractivity contribution >= 4 is 17.5 Å². The number of anilines is 1. The summed E-state index contributed by atoms with van der Waals surface area (Å²) < 4.78 is 10.5. The molecule has 1 aliphatic carbocycles. The fraction of sp³-hybridized carbons (Fsp3) is 0.579. The number of amides is 2. The van der Waals surface area contributed by atoms with Gasteiger partial charge >= 0.3 is 0 Å². The highest BCUT2D eigenvalue weighted by molar-refractivity contribution is 6.00. The Kier molecular flexibility index (Phi) is 5.66. The van der Waals surface area contributed by atoms with Gasteiger partial charge in [-0.1, -0.05) is 6.42 Å². The van der Waals surface area contributed by atoms with Crippen molar-refractivity contribution in [1.82, 2.24) is 5.32 Å². The van der Waals surface area contributed by atoms with Crippen LogP contribution >= 0.6 is 0 Å². The van der Waals surface area contributed by atoms with Gasteiger partial charge in [-0.05, 0) is 25.3 Å². The SMILES string of the molecule is COc1cc(OC)cc(N2CC(C(=O)NC3CCCC3CN)CC2=O)c1. The first-order valence-corrected chi connectivity index (χ1v) is 9.09. The van der Waals surface area contributed by atoms with Crippen LogP contribution < -0.4 is 25.4 Å². The third-order valence-electron chi connectivity index (χ3n) is 5.43. The maximum atomic E-state index is 12.7. The van der Waals surface area contributed by atoms with Crippen LogP contribution in [0, 0.1) is 11.8 Å². The Morgan fingerprint density at radius 3 is 2.54 bits per heavy atom. The second-order valence-electron chi connectivity index (χ2n) is 7.02. The van der Waals surface area contributed by atoms with Gasteiger partial charge in [-0.15, -0.1) is 0 Å². The van der Waals surface area contributed by atoms with E-state index in [1.165, 1.54) is 0 Å². The largest absolute Gasteiger partial charge is 0.497 e. The average molecular weight is 361 g/mol. The Morgan fingerprint density at radius 1 is 1.23 bits per heavy atom. The summed E-state index contributed by atoms with van der Waals surface area (Å²) in [6, 6.07) is 5.44. The number of nitrogens with two attached hydrogens (primary N) is 1. The molecular formula is C19H27N3O4. The Balaban J connectivity index is 1.69. The normalized spacial score (nSPS) is 25.4. The van der Waals surface area contributed by atoms with Crippen molar-refractivity contribution < 1.29 is 19.1 Å². The summed E-state index contributed by atoms with van der Waals surface area (Å²) in [6.07, 6.45) is 3.32. The van der Waals surface area contributed by atoms with Gasteiger partial charge in [0.05, 0.1) is 25.8 Å². The van der Waals surface area contributed by atoms with E-state index in [-0.39, 0.29) is 30.2 Å². The molecule has 7 nitrogen and oxygen atoms in total. The highest BCUT2D eigenvalue weighted by atomic mass is 16.5. The molecule has 26 heavy (non-hydrogen) atoms. The van der Waals surface area contributed by atoms with Crippen LogP contribution in [-0.2, 0) is 9.59 Å². The van der Waals surface area contributed by atoms with Crippen LogP contribution in [0.25, 0.3) is 0 Å². The minimum absolute atomic E-state index is 0.0546. The number of benzene rings is 1. The number of methoxy groups -OCH3 is 2. The summed E-state index contributed by atoms with van der Waals surface area (Å²) in [5.41, 5.74) is 6.47. The summed E-state index contributed by atoms with van der Waals surface area (Å²) in [4.78, 5) is 26.8. The minimum Gasteiger partial charge on any atom is -0.497 e. The average Bonchev–Trinajstić information content (AvgIpc) is 3.27. The predicted molar refractivity (Wildman–Crippen MR) is 98.3 cm³/mol. The van der Waals surface area contributed by atoms with Crippen molar-refractivity contribution in [2.24, 2.45) is 17.6 Å². The second kappa shape index (κ2) is 7.95. The van der Waals surface area contributed by atoms with Crippen LogP contribution in [0.2, 0.25) is 0 Å². The summed E-state index contributed by atoms with van der Waals surface area (Å²) in [6.45, 7) is 0.950. The summed E-state index contributed by atoms with van der Waals surface area (Å²) in [5, 5.41) is 3.11. The van der Waals surface area contributed by atoms with Gasteiger partial charge in [0.2, 0.25) is 11.8 Å². The number of rotatable bonds is 6. The maximum absolute atomic E-state index is 12.7. The number of ether oxygens (including phenoxy) is 2. The van der Waals surface area contributed by atoms with Crippen molar-refractivity contribution in [2.75, 3.05) is 32.2 Å². The Morgan fingerprint density at radius 2 is 1.92 bits per heavy atom. The van der Waals surface area contributed by atoms with Crippen molar-refractivity contribution in [3.8, 4) is 11.5 Å². The van der Waals surface area contributed by atoms with E-state index in [1.807, 2.05) is 0 Å². The van der Waals surface area contributed by atoms with Gasteiger partial charge in [-0.3, -0.25) is 9.59 Å². The van der Waals surface area contributed by atoms with E-state index >= 15 is 0 Å². The van der Waals surface area contributed by atoms with Gasteiger partial charge in [0, 0.05) is 37.2 Å². The topological polar surface area (TPSA) is 93.9 Å². The molecule has 3 atom stereocenters. The minimum atomic E-state index is -0.348. The number of nitrogens with one attached hydrogen (secondary N) is 1. The van der Waals surface area contributed by atoms with E-state index in [1.54, 1.807) is 37.3 Å². The molecule has 0 aromatic heterocycles. The van der Waals surface area contributed by atoms with Gasteiger partial charge in [0.25, 0.3) is 0 Å². The Hall–Kier alpha value is -2.28. The molecule has 3 unspecified atom stereocenters. The fourth-order valence-corrected chi connectivity index (χ4v) is 3.89. The molecule has 0 bridgehead atoms. The molecule has 1 aliphatic heterocycles. The molecule has 2 amide bonds. The fourth-order valence-electron chi connectivity index (χ4n) is 3.89. The monoisotopic (exact) mass is 361 g/mol. The van der Waals surface area contributed by atoms with Crippen molar-refractivity contribution in [2.45, 2.75) is 31.7 Å². The van der Waals surface area contributed by atoms with Crippen LogP contribution in [0.5, 0.6) is 11.5 Å². The Labute approximate surface area is 153 Å². The van der Waals surface area contributed by atoms with E-state index < -0.39 is 0 Å². The summed E-state index contributed by atoms with van der Waals surface area (Å²) in [5.74, 6) is 1.09. The first kappa shape index (κ1) is 18.5. The van der Waals surface area contributed by atoms with E-state index in [0.717, 1.165) is 19.3 Å². The number of hydrogen-bond donors (Lipinski definition) is 2. The molecule has 0 radical (unpaired) electrons. The van der Waals surface area contributed by atoms with Crippen LogP contribution in [0.1, 0.15) is 25.7 Å². The van der Waals surface area contributed by atoms with Crippen molar-refractivity contribution in [3.63, 3.8) is 0 Å². The zero-order valence-corrected chi connectivity index (χ0v) is 15.4. The van der Waals surface area contributed by atoms with E-state index in [2.05, 4.69) is 5.32 Å². The van der Waals surface area contributed by atoms with E-state index in [0.29, 0.717) is 36.2 Å². The molecule has 2 fully saturated rings. The van der Waals surface area contributed by atoms with Crippen LogP contribution in [0.15, 0.2) is 18.2 Å². The quantitative estimate of drug-likeness (QED) is 0.797. The number of nitrogens with zero attached hydrogens (tertiary/aromatic N) is 1. The second-order valence-corrected chi connectivity index (χ2v) is 7.02. The smallest absolute Gasteiger partial charge is 0.227 e. The lowest BCUT2D eigenvalue weighted by Gasteiger charge is -2.22. The number of carbonyl (C=O) groups is 2. The molecule has 3 N–H and O–H groups in total. The first-order chi connectivity index (χ1) is 12.5. The molecule has 1 saturated heterocycles. The van der Waals surface area contributed by atoms with Crippen LogP contribution in [0.3, 0.4) is 0 Å². The van der Waals surface area contributed by atoms with Crippen LogP contribution in [-0.4, -0.2) is 45.2 Å². The lowest BCUT2D eigenvalue weighted by molar-refractivity contribution is -0.127. The predicted octanol–water partition coefficient (Wildman–Crippen LogP) is 1.30. The molecule has 1 heterocycles. The maximum Gasteiger partial charge on any atom is 0.227 e. The third-order valence-corrected chi connectivity index (χ3v) is 5.43.